The molecular weight excluding hydrogens is 695 g/mol. The van der Waals surface area contributed by atoms with Crippen molar-refractivity contribution in [2.75, 3.05) is 7.11 Å². The van der Waals surface area contributed by atoms with Gasteiger partial charge in [-0.25, -0.2) is 9.59 Å². The lowest BCUT2D eigenvalue weighted by atomic mass is 9.77. The lowest BCUT2D eigenvalue weighted by Gasteiger charge is -2.34. The first-order valence-electron chi connectivity index (χ1n) is 20.4. The smallest absolute Gasteiger partial charge is 0.337 e. The number of imidazole rings is 1. The second-order valence-electron chi connectivity index (χ2n) is 15.5. The maximum absolute atomic E-state index is 14.4. The summed E-state index contributed by atoms with van der Waals surface area (Å²) in [6.45, 7) is 13.8. The molecule has 0 bridgehead atoms. The first-order chi connectivity index (χ1) is 26.0. The van der Waals surface area contributed by atoms with Gasteiger partial charge in [-0.05, 0) is 95.9 Å². The number of dihydropyridines is 1. The van der Waals surface area contributed by atoms with Crippen LogP contribution in [0.2, 0.25) is 0 Å². The van der Waals surface area contributed by atoms with Crippen LogP contribution in [0.3, 0.4) is 0 Å². The van der Waals surface area contributed by atoms with E-state index in [1.807, 2.05) is 70.4 Å². The van der Waals surface area contributed by atoms with Crippen molar-refractivity contribution < 1.29 is 23.8 Å². The molecule has 2 heterocycles. The Morgan fingerprint density at radius 3 is 1.94 bits per heavy atom. The van der Waals surface area contributed by atoms with Crippen LogP contribution in [-0.2, 0) is 32.0 Å². The minimum atomic E-state index is -0.798. The molecule has 0 saturated carbocycles. The number of hydrogen-bond donors (Lipinski definition) is 2. The van der Waals surface area contributed by atoms with Gasteiger partial charge in [0, 0.05) is 17.0 Å². The third-order valence-corrected chi connectivity index (χ3v) is 10.6. The predicted octanol–water partition coefficient (Wildman–Crippen LogP) is 11.5. The van der Waals surface area contributed by atoms with E-state index < -0.39 is 17.9 Å². The molecular formula is C45H65N3O5S. The van der Waals surface area contributed by atoms with Crippen LogP contribution in [-0.4, -0.2) is 40.8 Å². The summed E-state index contributed by atoms with van der Waals surface area (Å²) >= 11 is 5.82. The van der Waals surface area contributed by atoms with E-state index in [4.69, 9.17) is 26.4 Å². The van der Waals surface area contributed by atoms with Crippen LogP contribution in [0.1, 0.15) is 148 Å². The van der Waals surface area contributed by atoms with E-state index in [2.05, 4.69) is 29.4 Å². The van der Waals surface area contributed by atoms with Gasteiger partial charge in [0.1, 0.15) is 5.75 Å². The average molecular weight is 760 g/mol. The number of carbonyl (C=O) groups is 2. The van der Waals surface area contributed by atoms with Crippen LogP contribution in [0.25, 0.3) is 11.0 Å². The Morgan fingerprint density at radius 1 is 0.796 bits per heavy atom. The summed E-state index contributed by atoms with van der Waals surface area (Å²) in [5, 5.41) is 3.45. The van der Waals surface area contributed by atoms with Crippen LogP contribution in [0.15, 0.2) is 58.9 Å². The largest absolute Gasteiger partial charge is 0.496 e. The number of carbonyl (C=O) groups excluding carboxylic acids is 2. The van der Waals surface area contributed by atoms with Gasteiger partial charge in [-0.2, -0.15) is 0 Å². The van der Waals surface area contributed by atoms with Gasteiger partial charge in [0.15, 0.2) is 4.77 Å². The Morgan fingerprint density at radius 2 is 1.37 bits per heavy atom. The average Bonchev–Trinajstić information content (AvgIpc) is 3.42. The molecule has 1 unspecified atom stereocenters. The molecule has 1 aliphatic rings. The number of H-pyrrole nitrogens is 1. The number of nitrogens with zero attached hydrogens (tertiary/aromatic N) is 1. The van der Waals surface area contributed by atoms with Crippen molar-refractivity contribution in [2.45, 2.75) is 163 Å². The van der Waals surface area contributed by atoms with Gasteiger partial charge in [0.05, 0.1) is 54.0 Å². The molecule has 2 N–H and O–H groups in total. The standard InChI is InChI=1S/C45H65N3O5S/c1-9-10-11-12-13-14-15-16-17-18-19-20-21-23-34-24-22-25-38(51-8)40(34)42-39(43(49)52-30(2)3)33(7)46-36(41(42)44(50)53-31(4)5)29-48-37-27-26-32(6)28-35(37)47-45(48)54/h22,24-28,30-31,42,46H,9-21,23,29H2,1-8H3,(H,47,54). The first kappa shape index (κ1) is 42.9. The number of methoxy groups -OCH3 is 1. The molecule has 0 fully saturated rings. The Kier molecular flexibility index (Phi) is 16.9. The van der Waals surface area contributed by atoms with E-state index in [0.717, 1.165) is 47.0 Å². The van der Waals surface area contributed by atoms with Crippen molar-refractivity contribution in [3.05, 3.63) is 80.4 Å². The molecule has 1 atom stereocenters. The van der Waals surface area contributed by atoms with Crippen molar-refractivity contribution in [1.29, 1.82) is 0 Å². The molecule has 8 nitrogen and oxygen atoms in total. The summed E-state index contributed by atoms with van der Waals surface area (Å²) in [6, 6.07) is 12.1. The summed E-state index contributed by atoms with van der Waals surface area (Å²) in [6.07, 6.45) is 16.7. The van der Waals surface area contributed by atoms with Crippen molar-refractivity contribution >= 4 is 35.2 Å². The molecule has 0 spiro atoms. The molecule has 54 heavy (non-hydrogen) atoms. The van der Waals surface area contributed by atoms with Crippen LogP contribution in [0.5, 0.6) is 5.75 Å². The van der Waals surface area contributed by atoms with Gasteiger partial charge >= 0.3 is 11.9 Å². The summed E-state index contributed by atoms with van der Waals surface area (Å²) < 4.78 is 20.4. The Labute approximate surface area is 329 Å². The SMILES string of the molecule is CCCCCCCCCCCCCCCc1cccc(OC)c1C1C(C(=O)OC(C)C)=C(C)NC(Cn2c(=S)[nH]c3cc(C)ccc32)=C1C(=O)OC(C)C. The number of hydrogen-bond acceptors (Lipinski definition) is 7. The molecule has 9 heteroatoms. The second-order valence-corrected chi connectivity index (χ2v) is 15.8. The lowest BCUT2D eigenvalue weighted by Crippen LogP contribution is -2.36. The highest BCUT2D eigenvalue weighted by molar-refractivity contribution is 7.71. The number of allylic oxidation sites excluding steroid dienone is 2. The van der Waals surface area contributed by atoms with E-state index in [1.54, 1.807) is 7.11 Å². The van der Waals surface area contributed by atoms with E-state index >= 15 is 0 Å². The van der Waals surface area contributed by atoms with Crippen molar-refractivity contribution in [1.82, 2.24) is 14.9 Å². The fraction of sp³-hybridized carbons (Fsp3) is 0.578. The maximum atomic E-state index is 14.4. The number of nitrogens with one attached hydrogen (secondary N) is 2. The zero-order valence-corrected chi connectivity index (χ0v) is 35.0. The minimum absolute atomic E-state index is 0.258. The van der Waals surface area contributed by atoms with E-state index in [-0.39, 0.29) is 18.8 Å². The van der Waals surface area contributed by atoms with Crippen molar-refractivity contribution in [3.8, 4) is 5.75 Å². The van der Waals surface area contributed by atoms with Gasteiger partial charge in [-0.15, -0.1) is 0 Å². The van der Waals surface area contributed by atoms with Crippen molar-refractivity contribution in [2.24, 2.45) is 0 Å². The highest BCUT2D eigenvalue weighted by atomic mass is 32.1. The molecule has 1 aliphatic heterocycles. The quantitative estimate of drug-likeness (QED) is 0.0598. The maximum Gasteiger partial charge on any atom is 0.337 e. The van der Waals surface area contributed by atoms with Gasteiger partial charge in [0.25, 0.3) is 0 Å². The predicted molar refractivity (Wildman–Crippen MR) is 222 cm³/mol. The summed E-state index contributed by atoms with van der Waals surface area (Å²) in [5.74, 6) is -1.16. The summed E-state index contributed by atoms with van der Waals surface area (Å²) in [4.78, 5) is 31.9. The number of aryl methyl sites for hydroxylation is 2. The zero-order chi connectivity index (χ0) is 39.2. The number of fused-ring (bicyclic) bond motifs is 1. The zero-order valence-electron chi connectivity index (χ0n) is 34.2. The monoisotopic (exact) mass is 759 g/mol. The second kappa shape index (κ2) is 21.3. The van der Waals surface area contributed by atoms with Crippen molar-refractivity contribution in [3.63, 3.8) is 0 Å². The Bertz CT molecular complexity index is 1830. The first-order valence-corrected chi connectivity index (χ1v) is 20.8. The number of aromatic nitrogens is 2. The minimum Gasteiger partial charge on any atom is -0.496 e. The van der Waals surface area contributed by atoms with E-state index in [1.165, 1.54) is 70.6 Å². The summed E-state index contributed by atoms with van der Waals surface area (Å²) in [7, 11) is 1.64. The van der Waals surface area contributed by atoms with Crippen LogP contribution in [0.4, 0.5) is 0 Å². The van der Waals surface area contributed by atoms with E-state index in [0.29, 0.717) is 33.1 Å². The lowest BCUT2D eigenvalue weighted by molar-refractivity contribution is -0.143. The Hall–Kier alpha value is -3.85. The van der Waals surface area contributed by atoms with Crippen LogP contribution < -0.4 is 10.1 Å². The van der Waals surface area contributed by atoms with Gasteiger partial charge in [-0.3, -0.25) is 0 Å². The molecule has 0 aliphatic carbocycles. The van der Waals surface area contributed by atoms with E-state index in [9.17, 15) is 9.59 Å². The number of unbranched alkanes of at least 4 members (excludes halogenated alkanes) is 12. The molecule has 1 aromatic heterocycles. The van der Waals surface area contributed by atoms with Crippen LogP contribution >= 0.6 is 12.2 Å². The fourth-order valence-corrected chi connectivity index (χ4v) is 7.89. The molecule has 2 aromatic carbocycles. The third kappa shape index (κ3) is 11.6. The topological polar surface area (TPSA) is 94.6 Å². The number of aromatic amines is 1. The molecule has 3 aromatic rings. The van der Waals surface area contributed by atoms with Gasteiger partial charge < -0.3 is 29.1 Å². The molecule has 0 amide bonds. The number of ether oxygens (including phenoxy) is 3. The molecule has 296 valence electrons. The highest BCUT2D eigenvalue weighted by Crippen LogP contribution is 2.45. The molecule has 0 radical (unpaired) electrons. The number of esters is 2. The number of benzene rings is 2. The third-order valence-electron chi connectivity index (χ3n) is 10.2. The highest BCUT2D eigenvalue weighted by Gasteiger charge is 2.42. The fourth-order valence-electron chi connectivity index (χ4n) is 7.62. The normalized spacial score (nSPS) is 14.7. The molecule has 4 rings (SSSR count). The number of rotatable bonds is 22. The van der Waals surface area contributed by atoms with Gasteiger partial charge in [0.2, 0.25) is 0 Å². The molecule has 0 saturated heterocycles. The van der Waals surface area contributed by atoms with Gasteiger partial charge in [-0.1, -0.05) is 102 Å². The van der Waals surface area contributed by atoms with Crippen LogP contribution in [0, 0.1) is 11.7 Å². The Balaban J connectivity index is 1.68. The summed E-state index contributed by atoms with van der Waals surface area (Å²) in [5.41, 5.74) is 6.73.